The van der Waals surface area contributed by atoms with Crippen LogP contribution >= 0.6 is 11.3 Å². The Balaban J connectivity index is 2.19. The van der Waals surface area contributed by atoms with Gasteiger partial charge in [0.1, 0.15) is 0 Å². The van der Waals surface area contributed by atoms with Gasteiger partial charge in [0.05, 0.1) is 23.7 Å². The lowest BCUT2D eigenvalue weighted by molar-refractivity contribution is 0.607. The summed E-state index contributed by atoms with van der Waals surface area (Å²) in [4.78, 5) is 2.59. The minimum Gasteiger partial charge on any atom is -0.376 e. The van der Waals surface area contributed by atoms with Crippen molar-refractivity contribution in [3.63, 3.8) is 0 Å². The fourth-order valence-corrected chi connectivity index (χ4v) is 3.55. The van der Waals surface area contributed by atoms with Crippen molar-refractivity contribution in [3.05, 3.63) is 46.2 Å². The van der Waals surface area contributed by atoms with E-state index in [1.165, 1.54) is 9.75 Å². The molecule has 0 aliphatic heterocycles. The first-order valence-electron chi connectivity index (χ1n) is 6.81. The molecule has 0 radical (unpaired) electrons. The molecule has 0 saturated carbocycles. The van der Waals surface area contributed by atoms with E-state index in [-0.39, 0.29) is 6.04 Å². The van der Waals surface area contributed by atoms with Gasteiger partial charge in [-0.15, -0.1) is 11.3 Å². The van der Waals surface area contributed by atoms with Crippen LogP contribution in [0.4, 0.5) is 11.4 Å². The number of nitrogens with one attached hydrogen (secondary N) is 2. The third kappa shape index (κ3) is 4.47. The third-order valence-corrected chi connectivity index (χ3v) is 5.06. The number of para-hydroxylation sites is 2. The molecule has 1 aromatic carbocycles. The first-order chi connectivity index (χ1) is 9.89. The van der Waals surface area contributed by atoms with Crippen molar-refractivity contribution in [2.75, 3.05) is 16.3 Å². The van der Waals surface area contributed by atoms with E-state index < -0.39 is 10.0 Å². The summed E-state index contributed by atoms with van der Waals surface area (Å²) in [5, 5.41) is 3.37. The minimum absolute atomic E-state index is 0.123. The lowest BCUT2D eigenvalue weighted by Crippen LogP contribution is -2.13. The van der Waals surface area contributed by atoms with E-state index >= 15 is 0 Å². The molecule has 114 valence electrons. The van der Waals surface area contributed by atoms with E-state index in [4.69, 9.17) is 0 Å². The van der Waals surface area contributed by atoms with E-state index in [9.17, 15) is 8.42 Å². The molecule has 21 heavy (non-hydrogen) atoms. The fourth-order valence-electron chi connectivity index (χ4n) is 2.02. The van der Waals surface area contributed by atoms with Crippen LogP contribution in [0.5, 0.6) is 0 Å². The number of benzene rings is 1. The van der Waals surface area contributed by atoms with Crippen LogP contribution in [-0.2, 0) is 16.4 Å². The summed E-state index contributed by atoms with van der Waals surface area (Å²) in [7, 11) is -3.29. The predicted octanol–water partition coefficient (Wildman–Crippen LogP) is 3.86. The van der Waals surface area contributed by atoms with Gasteiger partial charge >= 0.3 is 0 Å². The number of thiophene rings is 1. The molecule has 0 aliphatic rings. The Morgan fingerprint density at radius 2 is 1.81 bits per heavy atom. The molecule has 0 bridgehead atoms. The molecule has 4 nitrogen and oxygen atoms in total. The van der Waals surface area contributed by atoms with Crippen molar-refractivity contribution < 1.29 is 8.42 Å². The molecule has 1 unspecified atom stereocenters. The van der Waals surface area contributed by atoms with Crippen LogP contribution in [0.2, 0.25) is 0 Å². The second-order valence-corrected chi connectivity index (χ2v) is 7.89. The average molecular weight is 324 g/mol. The van der Waals surface area contributed by atoms with Crippen molar-refractivity contribution >= 4 is 32.7 Å². The maximum Gasteiger partial charge on any atom is 0.229 e. The zero-order chi connectivity index (χ0) is 15.5. The molecule has 2 N–H and O–H groups in total. The van der Waals surface area contributed by atoms with E-state index in [1.54, 1.807) is 17.4 Å². The maximum absolute atomic E-state index is 11.4. The van der Waals surface area contributed by atoms with Gasteiger partial charge in [-0.25, -0.2) is 8.42 Å². The zero-order valence-corrected chi connectivity index (χ0v) is 14.0. The highest BCUT2D eigenvalue weighted by Crippen LogP contribution is 2.30. The van der Waals surface area contributed by atoms with Crippen molar-refractivity contribution in [1.82, 2.24) is 0 Å². The van der Waals surface area contributed by atoms with Crippen LogP contribution < -0.4 is 10.0 Å². The summed E-state index contributed by atoms with van der Waals surface area (Å²) in [6.07, 6.45) is 2.18. The molecule has 0 fully saturated rings. The Morgan fingerprint density at radius 3 is 2.38 bits per heavy atom. The van der Waals surface area contributed by atoms with Crippen molar-refractivity contribution in [3.8, 4) is 0 Å². The zero-order valence-electron chi connectivity index (χ0n) is 12.4. The molecule has 0 amide bonds. The summed E-state index contributed by atoms with van der Waals surface area (Å²) in [5.74, 6) is 0. The Bertz CT molecular complexity index is 708. The smallest absolute Gasteiger partial charge is 0.229 e. The van der Waals surface area contributed by atoms with Gasteiger partial charge in [0.15, 0.2) is 0 Å². The van der Waals surface area contributed by atoms with Crippen molar-refractivity contribution in [2.24, 2.45) is 0 Å². The lowest BCUT2D eigenvalue weighted by atomic mass is 10.2. The standard InChI is InChI=1S/C15H20N2O2S2/c1-4-12-9-10-15(20-12)11(2)16-13-7-5-6-8-14(13)17-21(3,18)19/h5-11,16-17H,4H2,1-3H3. The molecule has 1 heterocycles. The lowest BCUT2D eigenvalue weighted by Gasteiger charge is -2.17. The van der Waals surface area contributed by atoms with Crippen molar-refractivity contribution in [1.29, 1.82) is 0 Å². The second-order valence-electron chi connectivity index (χ2n) is 4.94. The fraction of sp³-hybridized carbons (Fsp3) is 0.333. The average Bonchev–Trinajstić information content (AvgIpc) is 2.88. The van der Waals surface area contributed by atoms with Crippen molar-refractivity contribution in [2.45, 2.75) is 26.3 Å². The molecule has 1 aromatic heterocycles. The highest BCUT2D eigenvalue weighted by Gasteiger charge is 2.12. The first-order valence-corrected chi connectivity index (χ1v) is 9.52. The van der Waals surface area contributed by atoms with Gasteiger partial charge in [-0.2, -0.15) is 0 Å². The van der Waals surface area contributed by atoms with E-state index in [2.05, 4.69) is 36.0 Å². The molecule has 0 saturated heterocycles. The third-order valence-electron chi connectivity index (χ3n) is 3.05. The summed E-state index contributed by atoms with van der Waals surface area (Å²) in [6, 6.07) is 11.7. The molecular weight excluding hydrogens is 304 g/mol. The van der Waals surface area contributed by atoms with Crippen LogP contribution in [-0.4, -0.2) is 14.7 Å². The number of anilines is 2. The molecule has 6 heteroatoms. The molecule has 2 rings (SSSR count). The Kier molecular flexibility index (Phi) is 4.90. The Hall–Kier alpha value is -1.53. The van der Waals surface area contributed by atoms with Crippen LogP contribution in [0, 0.1) is 0 Å². The monoisotopic (exact) mass is 324 g/mol. The summed E-state index contributed by atoms with van der Waals surface area (Å²) >= 11 is 1.78. The van der Waals surface area contributed by atoms with E-state index in [0.717, 1.165) is 18.4 Å². The Morgan fingerprint density at radius 1 is 1.14 bits per heavy atom. The van der Waals surface area contributed by atoms with E-state index in [0.29, 0.717) is 5.69 Å². The summed E-state index contributed by atoms with van der Waals surface area (Å²) in [5.41, 5.74) is 1.35. The van der Waals surface area contributed by atoms with Gasteiger partial charge in [0, 0.05) is 9.75 Å². The van der Waals surface area contributed by atoms with Gasteiger partial charge in [0.25, 0.3) is 0 Å². The predicted molar refractivity (Wildman–Crippen MR) is 90.6 cm³/mol. The highest BCUT2D eigenvalue weighted by molar-refractivity contribution is 7.92. The number of sulfonamides is 1. The molecular formula is C15H20N2O2S2. The highest BCUT2D eigenvalue weighted by atomic mass is 32.2. The van der Waals surface area contributed by atoms with Crippen LogP contribution in [0.15, 0.2) is 36.4 Å². The minimum atomic E-state index is -3.29. The van der Waals surface area contributed by atoms with Gasteiger partial charge < -0.3 is 5.32 Å². The molecule has 2 aromatic rings. The Labute approximate surface area is 130 Å². The number of hydrogen-bond acceptors (Lipinski definition) is 4. The largest absolute Gasteiger partial charge is 0.376 e. The number of hydrogen-bond donors (Lipinski definition) is 2. The van der Waals surface area contributed by atoms with Gasteiger partial charge in [-0.05, 0) is 37.6 Å². The van der Waals surface area contributed by atoms with Gasteiger partial charge in [-0.1, -0.05) is 19.1 Å². The normalized spacial score (nSPS) is 12.9. The summed E-state index contributed by atoms with van der Waals surface area (Å²) in [6.45, 7) is 4.21. The van der Waals surface area contributed by atoms with Crippen LogP contribution in [0.3, 0.4) is 0 Å². The summed E-state index contributed by atoms with van der Waals surface area (Å²) < 4.78 is 25.4. The molecule has 0 aliphatic carbocycles. The first kappa shape index (κ1) is 15.9. The number of aryl methyl sites for hydroxylation is 1. The van der Waals surface area contributed by atoms with E-state index in [1.807, 2.05) is 18.2 Å². The molecule has 0 spiro atoms. The van der Waals surface area contributed by atoms with Crippen LogP contribution in [0.1, 0.15) is 29.6 Å². The van der Waals surface area contributed by atoms with Crippen LogP contribution in [0.25, 0.3) is 0 Å². The number of rotatable bonds is 6. The topological polar surface area (TPSA) is 58.2 Å². The quantitative estimate of drug-likeness (QED) is 0.848. The maximum atomic E-state index is 11.4. The van der Waals surface area contributed by atoms with Gasteiger partial charge in [-0.3, -0.25) is 4.72 Å². The second kappa shape index (κ2) is 6.49. The SMILES string of the molecule is CCc1ccc(C(C)Nc2ccccc2NS(C)(=O)=O)s1. The molecule has 1 atom stereocenters. The van der Waals surface area contributed by atoms with Gasteiger partial charge in [0.2, 0.25) is 10.0 Å².